The van der Waals surface area contributed by atoms with Gasteiger partial charge in [-0.05, 0) is 85.9 Å². The number of allylic oxidation sites excluding steroid dienone is 1. The third-order valence-corrected chi connectivity index (χ3v) is 9.99. The quantitative estimate of drug-likeness (QED) is 0.554. The van der Waals surface area contributed by atoms with Crippen molar-refractivity contribution in [3.05, 3.63) is 11.6 Å². The van der Waals surface area contributed by atoms with Crippen molar-refractivity contribution in [3.63, 3.8) is 0 Å². The summed E-state index contributed by atoms with van der Waals surface area (Å²) in [6.07, 6.45) is 2.69. The van der Waals surface area contributed by atoms with Crippen molar-refractivity contribution in [3.8, 4) is 0 Å². The summed E-state index contributed by atoms with van der Waals surface area (Å²) in [5, 5.41) is 20.3. The minimum atomic E-state index is -4.58. The molecular formula is C24H37F3O2. The maximum absolute atomic E-state index is 13.4. The van der Waals surface area contributed by atoms with Crippen LogP contribution in [0.25, 0.3) is 0 Å². The average molecular weight is 415 g/mol. The summed E-state index contributed by atoms with van der Waals surface area (Å²) >= 11 is 0. The van der Waals surface area contributed by atoms with Crippen molar-refractivity contribution >= 4 is 0 Å². The van der Waals surface area contributed by atoms with E-state index in [1.807, 2.05) is 0 Å². The van der Waals surface area contributed by atoms with Gasteiger partial charge in [-0.2, -0.15) is 13.2 Å². The lowest BCUT2D eigenvalue weighted by Gasteiger charge is -2.59. The summed E-state index contributed by atoms with van der Waals surface area (Å²) in [6.45, 7) is 7.83. The zero-order valence-corrected chi connectivity index (χ0v) is 18.2. The van der Waals surface area contributed by atoms with Crippen LogP contribution in [0.4, 0.5) is 13.2 Å². The maximum atomic E-state index is 13.4. The molecule has 5 heteroatoms. The third kappa shape index (κ3) is 3.12. The molecule has 2 N–H and O–H groups in total. The maximum Gasteiger partial charge on any atom is 0.414 e. The van der Waals surface area contributed by atoms with Gasteiger partial charge >= 0.3 is 6.18 Å². The Hall–Kier alpha value is -0.550. The highest BCUT2D eigenvalue weighted by Gasteiger charge is 2.63. The van der Waals surface area contributed by atoms with Crippen LogP contribution >= 0.6 is 0 Å². The molecule has 2 nitrogen and oxygen atoms in total. The Bertz CT molecular complexity index is 684. The van der Waals surface area contributed by atoms with Crippen molar-refractivity contribution < 1.29 is 23.4 Å². The van der Waals surface area contributed by atoms with E-state index in [4.69, 9.17) is 0 Å². The van der Waals surface area contributed by atoms with E-state index in [2.05, 4.69) is 19.9 Å². The molecule has 0 aliphatic heterocycles. The number of halogens is 3. The molecule has 29 heavy (non-hydrogen) atoms. The second-order valence-corrected chi connectivity index (χ2v) is 11.6. The van der Waals surface area contributed by atoms with E-state index in [-0.39, 0.29) is 22.9 Å². The van der Waals surface area contributed by atoms with Gasteiger partial charge in [0.25, 0.3) is 0 Å². The Labute approximate surface area is 173 Å². The summed E-state index contributed by atoms with van der Waals surface area (Å²) in [7, 11) is 0. The molecule has 0 amide bonds. The molecule has 8 unspecified atom stereocenters. The van der Waals surface area contributed by atoms with Gasteiger partial charge in [0.2, 0.25) is 0 Å². The molecule has 0 aromatic heterocycles. The molecule has 3 saturated carbocycles. The smallest absolute Gasteiger partial charge is 0.393 e. The van der Waals surface area contributed by atoms with E-state index in [0.717, 1.165) is 51.4 Å². The van der Waals surface area contributed by atoms with Gasteiger partial charge in [-0.1, -0.05) is 39.3 Å². The standard InChI is InChI=1S/C24H37F3O2/c1-21(2,20(29)24(25,26)27)19-8-7-17-16-6-5-14-13-15(28)9-11-22(14,3)18(16)10-12-23(17,19)4/h5,15-20,28-29H,6-13H2,1-4H3. The van der Waals surface area contributed by atoms with Crippen LogP contribution in [-0.2, 0) is 0 Å². The van der Waals surface area contributed by atoms with Crippen LogP contribution in [-0.4, -0.2) is 28.6 Å². The molecule has 0 heterocycles. The van der Waals surface area contributed by atoms with Gasteiger partial charge in [0.15, 0.2) is 6.10 Å². The Balaban J connectivity index is 1.62. The first-order valence-corrected chi connectivity index (χ1v) is 11.4. The highest BCUT2D eigenvalue weighted by atomic mass is 19.4. The SMILES string of the molecule is CC12CCC(O)CC1=CCC1C2CCC2(C)C1CCC2C(C)(C)C(O)C(F)(F)F. The molecule has 8 atom stereocenters. The molecule has 0 aromatic rings. The first kappa shape index (κ1) is 21.7. The minimum Gasteiger partial charge on any atom is -0.393 e. The molecule has 166 valence electrons. The van der Waals surface area contributed by atoms with Crippen LogP contribution in [0.1, 0.15) is 79.1 Å². The Kier molecular flexibility index (Phi) is 5.02. The molecule has 0 aromatic carbocycles. The summed E-state index contributed by atoms with van der Waals surface area (Å²) < 4.78 is 40.2. The lowest BCUT2D eigenvalue weighted by molar-refractivity contribution is -0.249. The van der Waals surface area contributed by atoms with Gasteiger partial charge in [0, 0.05) is 5.41 Å². The molecule has 0 saturated heterocycles. The number of aliphatic hydroxyl groups is 2. The van der Waals surface area contributed by atoms with Crippen molar-refractivity contribution in [2.75, 3.05) is 0 Å². The Morgan fingerprint density at radius 3 is 2.38 bits per heavy atom. The fraction of sp³-hybridized carbons (Fsp3) is 0.917. The van der Waals surface area contributed by atoms with Crippen LogP contribution < -0.4 is 0 Å². The van der Waals surface area contributed by atoms with E-state index >= 15 is 0 Å². The van der Waals surface area contributed by atoms with Gasteiger partial charge in [0.1, 0.15) is 0 Å². The summed E-state index contributed by atoms with van der Waals surface area (Å²) in [5.74, 6) is 1.39. The monoisotopic (exact) mass is 414 g/mol. The summed E-state index contributed by atoms with van der Waals surface area (Å²) in [5.41, 5.74) is 0.238. The minimum absolute atomic E-state index is 0.121. The van der Waals surface area contributed by atoms with E-state index in [1.54, 1.807) is 13.8 Å². The zero-order valence-electron chi connectivity index (χ0n) is 18.2. The molecule has 0 spiro atoms. The second kappa shape index (κ2) is 6.72. The number of aliphatic hydroxyl groups excluding tert-OH is 2. The van der Waals surface area contributed by atoms with Crippen LogP contribution in [0, 0.1) is 39.9 Å². The normalized spacial score (nSPS) is 46.4. The third-order valence-electron chi connectivity index (χ3n) is 9.99. The van der Waals surface area contributed by atoms with Gasteiger partial charge in [-0.3, -0.25) is 0 Å². The largest absolute Gasteiger partial charge is 0.414 e. The summed E-state index contributed by atoms with van der Waals surface area (Å²) in [4.78, 5) is 0. The molecule has 0 radical (unpaired) electrons. The van der Waals surface area contributed by atoms with Crippen LogP contribution in [0.15, 0.2) is 11.6 Å². The fourth-order valence-electron chi connectivity index (χ4n) is 8.48. The van der Waals surface area contributed by atoms with Crippen LogP contribution in [0.5, 0.6) is 0 Å². The number of rotatable bonds is 2. The average Bonchev–Trinajstić information content (AvgIpc) is 2.99. The summed E-state index contributed by atoms with van der Waals surface area (Å²) in [6, 6.07) is 0. The lowest BCUT2D eigenvalue weighted by atomic mass is 9.46. The van der Waals surface area contributed by atoms with E-state index in [9.17, 15) is 23.4 Å². The molecule has 4 rings (SSSR count). The van der Waals surface area contributed by atoms with E-state index < -0.39 is 17.7 Å². The number of alkyl halides is 3. The highest BCUT2D eigenvalue weighted by molar-refractivity contribution is 5.25. The number of fused-ring (bicyclic) bond motifs is 5. The van der Waals surface area contributed by atoms with E-state index in [1.165, 1.54) is 5.57 Å². The second-order valence-electron chi connectivity index (χ2n) is 11.6. The lowest BCUT2D eigenvalue weighted by Crippen LogP contribution is -2.54. The predicted molar refractivity (Wildman–Crippen MR) is 107 cm³/mol. The van der Waals surface area contributed by atoms with Crippen molar-refractivity contribution in [1.29, 1.82) is 0 Å². The molecular weight excluding hydrogens is 377 g/mol. The van der Waals surface area contributed by atoms with Gasteiger partial charge in [0.05, 0.1) is 6.10 Å². The topological polar surface area (TPSA) is 40.5 Å². The molecule has 3 fully saturated rings. The first-order valence-electron chi connectivity index (χ1n) is 11.4. The Morgan fingerprint density at radius 2 is 1.72 bits per heavy atom. The number of hydrogen-bond acceptors (Lipinski definition) is 2. The van der Waals surface area contributed by atoms with Crippen molar-refractivity contribution in [2.45, 2.75) is 97.4 Å². The Morgan fingerprint density at radius 1 is 1.03 bits per heavy atom. The van der Waals surface area contributed by atoms with Crippen LogP contribution in [0.3, 0.4) is 0 Å². The number of hydrogen-bond donors (Lipinski definition) is 2. The first-order chi connectivity index (χ1) is 13.3. The molecule has 0 bridgehead atoms. The highest BCUT2D eigenvalue weighted by Crippen LogP contribution is 2.69. The molecule has 4 aliphatic rings. The van der Waals surface area contributed by atoms with E-state index in [0.29, 0.717) is 17.8 Å². The van der Waals surface area contributed by atoms with Gasteiger partial charge in [-0.25, -0.2) is 0 Å². The fourth-order valence-corrected chi connectivity index (χ4v) is 8.48. The van der Waals surface area contributed by atoms with Gasteiger partial charge in [-0.15, -0.1) is 0 Å². The van der Waals surface area contributed by atoms with Crippen molar-refractivity contribution in [2.24, 2.45) is 39.9 Å². The predicted octanol–water partition coefficient (Wildman–Crippen LogP) is 5.88. The van der Waals surface area contributed by atoms with Crippen molar-refractivity contribution in [1.82, 2.24) is 0 Å². The van der Waals surface area contributed by atoms with Crippen LogP contribution in [0.2, 0.25) is 0 Å². The zero-order chi connectivity index (χ0) is 21.4. The molecule has 4 aliphatic carbocycles. The van der Waals surface area contributed by atoms with Gasteiger partial charge < -0.3 is 10.2 Å².